The molecule has 0 heterocycles. The zero-order valence-corrected chi connectivity index (χ0v) is 10.4. The normalized spacial score (nSPS) is 16.9. The summed E-state index contributed by atoms with van der Waals surface area (Å²) in [6, 6.07) is 9.82. The topological polar surface area (TPSA) is 55.1 Å². The fourth-order valence-electron chi connectivity index (χ4n) is 2.06. The summed E-state index contributed by atoms with van der Waals surface area (Å²) < 4.78 is 0. The lowest BCUT2D eigenvalue weighted by molar-refractivity contribution is -0.131. The van der Waals surface area contributed by atoms with Gasteiger partial charge in [0.15, 0.2) is 0 Å². The minimum absolute atomic E-state index is 0.0277. The first-order chi connectivity index (χ1) is 8.15. The average molecular weight is 248 g/mol. The Hall–Kier alpha value is -1.42. The number of rotatable bonds is 4. The van der Waals surface area contributed by atoms with Gasteiger partial charge >= 0.3 is 0 Å². The van der Waals surface area contributed by atoms with E-state index >= 15 is 0 Å². The molecule has 17 heavy (non-hydrogen) atoms. The molecule has 1 saturated carbocycles. The number of hydrogen-bond acceptors (Lipinski definition) is 2. The van der Waals surface area contributed by atoms with Crippen LogP contribution in [0.25, 0.3) is 0 Å². The Balaban J connectivity index is 1.96. The molecule has 3 nitrogen and oxygen atoms in total. The lowest BCUT2D eigenvalue weighted by Gasteiger charge is -2.39. The van der Waals surface area contributed by atoms with E-state index in [0.717, 1.165) is 24.8 Å². The quantitative estimate of drug-likeness (QED) is 0.798. The molecule has 3 N–H and O–H groups in total. The molecule has 2 rings (SSSR count). The van der Waals surface area contributed by atoms with Crippen LogP contribution in [0.5, 0.6) is 0 Å². The summed E-state index contributed by atoms with van der Waals surface area (Å²) in [6.07, 6.45) is 2.59. The molecule has 0 unspecified atom stereocenters. The smallest absolute Gasteiger partial charge is 0.233 e. The molecule has 90 valence electrons. The van der Waals surface area contributed by atoms with E-state index in [1.807, 2.05) is 30.3 Å². The first-order valence-corrected chi connectivity index (χ1v) is 6.18. The molecule has 0 spiro atoms. The molecule has 1 amide bonds. The maximum atomic E-state index is 12.1. The predicted molar refractivity (Wildman–Crippen MR) is 71.4 cm³/mol. The first kappa shape index (κ1) is 12.0. The predicted octanol–water partition coefficient (Wildman–Crippen LogP) is 1.76. The Morgan fingerprint density at radius 1 is 1.35 bits per heavy atom. The third kappa shape index (κ3) is 2.31. The van der Waals surface area contributed by atoms with E-state index in [-0.39, 0.29) is 5.91 Å². The molecule has 0 aromatic heterocycles. The largest absolute Gasteiger partial charge is 0.392 e. The van der Waals surface area contributed by atoms with Gasteiger partial charge in [-0.25, -0.2) is 0 Å². The van der Waals surface area contributed by atoms with Crippen LogP contribution in [0.15, 0.2) is 30.3 Å². The van der Waals surface area contributed by atoms with E-state index in [9.17, 15) is 4.79 Å². The van der Waals surface area contributed by atoms with Gasteiger partial charge in [0.1, 0.15) is 0 Å². The summed E-state index contributed by atoms with van der Waals surface area (Å²) in [5, 5.41) is 2.92. The first-order valence-electron chi connectivity index (χ1n) is 5.77. The molecule has 0 aliphatic heterocycles. The van der Waals surface area contributed by atoms with Crippen molar-refractivity contribution in [3.05, 3.63) is 35.9 Å². The van der Waals surface area contributed by atoms with Gasteiger partial charge in [0.25, 0.3) is 0 Å². The molecular formula is C13H16N2OS. The highest BCUT2D eigenvalue weighted by molar-refractivity contribution is 7.80. The number of nitrogens with two attached hydrogens (primary N) is 1. The number of amides is 1. The summed E-state index contributed by atoms with van der Waals surface area (Å²) in [4.78, 5) is 12.4. The Morgan fingerprint density at radius 3 is 2.47 bits per heavy atom. The number of hydrogen-bond donors (Lipinski definition) is 2. The van der Waals surface area contributed by atoms with E-state index in [4.69, 9.17) is 18.0 Å². The molecule has 1 fully saturated rings. The van der Waals surface area contributed by atoms with E-state index in [1.165, 1.54) is 0 Å². The Kier molecular flexibility index (Phi) is 3.43. The van der Waals surface area contributed by atoms with Gasteiger partial charge < -0.3 is 11.1 Å². The van der Waals surface area contributed by atoms with Crippen LogP contribution < -0.4 is 11.1 Å². The standard InChI is InChI=1S/C13H16N2OS/c14-11(17)13(7-4-8-13)12(16)15-9-10-5-2-1-3-6-10/h1-3,5-6H,4,7-9H2,(H2,14,17)(H,15,16). The summed E-state index contributed by atoms with van der Waals surface area (Å²) in [7, 11) is 0. The van der Waals surface area contributed by atoms with Crippen molar-refractivity contribution < 1.29 is 4.79 Å². The number of thiocarbonyl (C=S) groups is 1. The Bertz CT molecular complexity index is 426. The zero-order chi connectivity index (χ0) is 12.3. The summed E-state index contributed by atoms with van der Waals surface area (Å²) in [5.74, 6) is -0.0277. The van der Waals surface area contributed by atoms with Crippen LogP contribution in [-0.2, 0) is 11.3 Å². The van der Waals surface area contributed by atoms with Gasteiger partial charge in [-0.3, -0.25) is 4.79 Å². The molecule has 0 atom stereocenters. The van der Waals surface area contributed by atoms with Crippen LogP contribution in [0, 0.1) is 5.41 Å². The molecule has 1 aliphatic rings. The molecule has 0 bridgehead atoms. The van der Waals surface area contributed by atoms with Crippen molar-refractivity contribution in [2.24, 2.45) is 11.1 Å². The summed E-state index contributed by atoms with van der Waals surface area (Å²) >= 11 is 5.00. The van der Waals surface area contributed by atoms with Gasteiger partial charge in [0, 0.05) is 6.54 Å². The molecule has 4 heteroatoms. The Labute approximate surface area is 106 Å². The third-order valence-electron chi connectivity index (χ3n) is 3.41. The lowest BCUT2D eigenvalue weighted by atomic mass is 9.68. The maximum Gasteiger partial charge on any atom is 0.233 e. The molecule has 1 aromatic rings. The van der Waals surface area contributed by atoms with Crippen LogP contribution in [0.1, 0.15) is 24.8 Å². The summed E-state index contributed by atoms with van der Waals surface area (Å²) in [6.45, 7) is 0.532. The van der Waals surface area contributed by atoms with Crippen LogP contribution in [0.2, 0.25) is 0 Å². The second-order valence-electron chi connectivity index (χ2n) is 4.47. The molecule has 0 radical (unpaired) electrons. The average Bonchev–Trinajstić information content (AvgIpc) is 2.25. The van der Waals surface area contributed by atoms with E-state index in [1.54, 1.807) is 0 Å². The second kappa shape index (κ2) is 4.84. The highest BCUT2D eigenvalue weighted by Crippen LogP contribution is 2.41. The third-order valence-corrected chi connectivity index (χ3v) is 3.80. The van der Waals surface area contributed by atoms with Gasteiger partial charge in [-0.05, 0) is 18.4 Å². The lowest BCUT2D eigenvalue weighted by Crippen LogP contribution is -2.52. The monoisotopic (exact) mass is 248 g/mol. The van der Waals surface area contributed by atoms with Crippen molar-refractivity contribution in [1.82, 2.24) is 5.32 Å². The molecule has 0 saturated heterocycles. The molecular weight excluding hydrogens is 232 g/mol. The second-order valence-corrected chi connectivity index (χ2v) is 4.91. The molecule has 1 aromatic carbocycles. The van der Waals surface area contributed by atoms with Crippen LogP contribution in [0.3, 0.4) is 0 Å². The van der Waals surface area contributed by atoms with Crippen molar-refractivity contribution in [1.29, 1.82) is 0 Å². The minimum atomic E-state index is -0.579. The van der Waals surface area contributed by atoms with Crippen molar-refractivity contribution in [2.75, 3.05) is 0 Å². The number of carbonyl (C=O) groups is 1. The van der Waals surface area contributed by atoms with Crippen molar-refractivity contribution >= 4 is 23.1 Å². The van der Waals surface area contributed by atoms with Crippen molar-refractivity contribution in [3.8, 4) is 0 Å². The van der Waals surface area contributed by atoms with Crippen molar-refractivity contribution in [3.63, 3.8) is 0 Å². The van der Waals surface area contributed by atoms with Crippen LogP contribution >= 0.6 is 12.2 Å². The van der Waals surface area contributed by atoms with Gasteiger partial charge in [0.2, 0.25) is 5.91 Å². The van der Waals surface area contributed by atoms with Gasteiger partial charge in [-0.15, -0.1) is 0 Å². The number of carbonyl (C=O) groups excluding carboxylic acids is 1. The van der Waals surface area contributed by atoms with E-state index < -0.39 is 5.41 Å². The fraction of sp³-hybridized carbons (Fsp3) is 0.385. The van der Waals surface area contributed by atoms with Gasteiger partial charge in [0.05, 0.1) is 10.4 Å². The van der Waals surface area contributed by atoms with Gasteiger partial charge in [-0.1, -0.05) is 49.0 Å². The highest BCUT2D eigenvalue weighted by atomic mass is 32.1. The van der Waals surface area contributed by atoms with Gasteiger partial charge in [-0.2, -0.15) is 0 Å². The number of benzene rings is 1. The van der Waals surface area contributed by atoms with E-state index in [2.05, 4.69) is 5.32 Å². The summed E-state index contributed by atoms with van der Waals surface area (Å²) in [5.41, 5.74) is 6.18. The Morgan fingerprint density at radius 2 is 2.00 bits per heavy atom. The zero-order valence-electron chi connectivity index (χ0n) is 9.61. The maximum absolute atomic E-state index is 12.1. The fourth-order valence-corrected chi connectivity index (χ4v) is 2.36. The molecule has 1 aliphatic carbocycles. The van der Waals surface area contributed by atoms with Crippen LogP contribution in [-0.4, -0.2) is 10.9 Å². The number of nitrogens with one attached hydrogen (secondary N) is 1. The van der Waals surface area contributed by atoms with E-state index in [0.29, 0.717) is 11.5 Å². The minimum Gasteiger partial charge on any atom is -0.392 e. The van der Waals surface area contributed by atoms with Crippen molar-refractivity contribution in [2.45, 2.75) is 25.8 Å². The van der Waals surface area contributed by atoms with Crippen LogP contribution in [0.4, 0.5) is 0 Å². The highest BCUT2D eigenvalue weighted by Gasteiger charge is 2.46. The SMILES string of the molecule is NC(=S)C1(C(=O)NCc2ccccc2)CCC1.